The molecule has 6 heteroatoms. The van der Waals surface area contributed by atoms with Crippen LogP contribution in [0.15, 0.2) is 18.2 Å². The molecule has 1 saturated carbocycles. The van der Waals surface area contributed by atoms with E-state index < -0.39 is 10.5 Å². The highest BCUT2D eigenvalue weighted by Crippen LogP contribution is 2.28. The number of nitro groups is 1. The lowest BCUT2D eigenvalue weighted by molar-refractivity contribution is -0.386. The molecule has 0 heterocycles. The second-order valence-electron chi connectivity index (χ2n) is 5.67. The van der Waals surface area contributed by atoms with Crippen LogP contribution in [0.25, 0.3) is 0 Å². The summed E-state index contributed by atoms with van der Waals surface area (Å²) in [5.74, 6) is 0.187. The second-order valence-corrected chi connectivity index (χ2v) is 5.67. The van der Waals surface area contributed by atoms with Crippen molar-refractivity contribution in [3.8, 4) is 5.75 Å². The van der Waals surface area contributed by atoms with Crippen molar-refractivity contribution in [1.82, 2.24) is 5.32 Å². The van der Waals surface area contributed by atoms with Crippen LogP contribution in [0.1, 0.15) is 25.3 Å². The fourth-order valence-electron chi connectivity index (χ4n) is 1.83. The average molecular weight is 280 g/mol. The maximum Gasteiger partial charge on any atom is 0.311 e. The lowest BCUT2D eigenvalue weighted by Gasteiger charge is -2.23. The van der Waals surface area contributed by atoms with Gasteiger partial charge in [0, 0.05) is 18.7 Å². The molecule has 0 aliphatic heterocycles. The summed E-state index contributed by atoms with van der Waals surface area (Å²) < 4.78 is 5.44. The largest absolute Gasteiger partial charge is 0.484 e. The van der Waals surface area contributed by atoms with Crippen LogP contribution in [0.2, 0.25) is 0 Å². The minimum atomic E-state index is -1.05. The fraction of sp³-hybridized carbons (Fsp3) is 0.571. The van der Waals surface area contributed by atoms with Crippen molar-refractivity contribution in [1.29, 1.82) is 0 Å². The molecule has 0 amide bonds. The van der Waals surface area contributed by atoms with Crippen molar-refractivity contribution in [2.24, 2.45) is 0 Å². The molecule has 1 aromatic rings. The Morgan fingerprint density at radius 3 is 2.85 bits per heavy atom. The molecule has 1 aromatic carbocycles. The number of ether oxygens (including phenoxy) is 1. The van der Waals surface area contributed by atoms with Crippen molar-refractivity contribution in [3.05, 3.63) is 33.9 Å². The van der Waals surface area contributed by atoms with Gasteiger partial charge in [-0.1, -0.05) is 6.07 Å². The molecule has 1 atom stereocenters. The zero-order chi connectivity index (χ0) is 14.8. The molecule has 6 nitrogen and oxygen atoms in total. The van der Waals surface area contributed by atoms with Crippen LogP contribution in [0, 0.1) is 17.0 Å². The predicted molar refractivity (Wildman–Crippen MR) is 75.0 cm³/mol. The Bertz CT molecular complexity index is 498. The van der Waals surface area contributed by atoms with Crippen molar-refractivity contribution < 1.29 is 14.8 Å². The summed E-state index contributed by atoms with van der Waals surface area (Å²) in [6.07, 6.45) is 2.28. The lowest BCUT2D eigenvalue weighted by Crippen LogP contribution is -2.43. The molecule has 110 valence electrons. The third kappa shape index (κ3) is 4.18. The molecule has 1 aliphatic carbocycles. The molecular formula is C14H20N2O4. The van der Waals surface area contributed by atoms with E-state index in [1.165, 1.54) is 6.07 Å². The van der Waals surface area contributed by atoms with Crippen molar-refractivity contribution in [2.75, 3.05) is 13.2 Å². The maximum atomic E-state index is 11.0. The van der Waals surface area contributed by atoms with E-state index in [1.54, 1.807) is 26.0 Å². The first kappa shape index (κ1) is 14.7. The van der Waals surface area contributed by atoms with Crippen molar-refractivity contribution in [2.45, 2.75) is 38.3 Å². The van der Waals surface area contributed by atoms with E-state index in [4.69, 9.17) is 4.74 Å². The molecule has 0 aromatic heterocycles. The average Bonchev–Trinajstić information content (AvgIpc) is 3.19. The number of hydrogen-bond acceptors (Lipinski definition) is 5. The minimum Gasteiger partial charge on any atom is -0.484 e. The van der Waals surface area contributed by atoms with Crippen LogP contribution in [0.5, 0.6) is 5.75 Å². The van der Waals surface area contributed by atoms with Gasteiger partial charge in [0.2, 0.25) is 0 Å². The number of rotatable bonds is 7. The number of aryl methyl sites for hydroxylation is 1. The number of hydrogen-bond donors (Lipinski definition) is 2. The summed E-state index contributed by atoms with van der Waals surface area (Å²) >= 11 is 0. The van der Waals surface area contributed by atoms with Gasteiger partial charge in [0.25, 0.3) is 0 Å². The topological polar surface area (TPSA) is 84.6 Å². The van der Waals surface area contributed by atoms with Crippen LogP contribution in [0.3, 0.4) is 0 Å². The first-order valence-electron chi connectivity index (χ1n) is 6.71. The summed E-state index contributed by atoms with van der Waals surface area (Å²) in [7, 11) is 0. The van der Waals surface area contributed by atoms with Gasteiger partial charge >= 0.3 is 5.69 Å². The SMILES string of the molecule is Cc1ccc(OCC(C)(O)CNC2CC2)c([N+](=O)[O-])c1. The molecular weight excluding hydrogens is 260 g/mol. The van der Waals surface area contributed by atoms with E-state index >= 15 is 0 Å². The van der Waals surface area contributed by atoms with Gasteiger partial charge in [0.05, 0.1) is 4.92 Å². The van der Waals surface area contributed by atoms with Crippen LogP contribution in [0.4, 0.5) is 5.69 Å². The molecule has 20 heavy (non-hydrogen) atoms. The summed E-state index contributed by atoms with van der Waals surface area (Å²) in [4.78, 5) is 10.5. The zero-order valence-electron chi connectivity index (χ0n) is 11.8. The van der Waals surface area contributed by atoms with E-state index in [2.05, 4.69) is 5.32 Å². The van der Waals surface area contributed by atoms with Gasteiger partial charge in [0.15, 0.2) is 5.75 Å². The first-order chi connectivity index (χ1) is 9.37. The highest BCUT2D eigenvalue weighted by atomic mass is 16.6. The summed E-state index contributed by atoms with van der Waals surface area (Å²) in [6, 6.07) is 5.28. The van der Waals surface area contributed by atoms with Gasteiger partial charge in [-0.2, -0.15) is 0 Å². The van der Waals surface area contributed by atoms with E-state index in [-0.39, 0.29) is 18.0 Å². The van der Waals surface area contributed by atoms with E-state index in [0.717, 1.165) is 18.4 Å². The number of benzene rings is 1. The Labute approximate surface area is 117 Å². The van der Waals surface area contributed by atoms with E-state index in [9.17, 15) is 15.2 Å². The van der Waals surface area contributed by atoms with Crippen LogP contribution >= 0.6 is 0 Å². The molecule has 2 N–H and O–H groups in total. The molecule has 1 unspecified atom stereocenters. The third-order valence-corrected chi connectivity index (χ3v) is 3.20. The van der Waals surface area contributed by atoms with Gasteiger partial charge in [-0.3, -0.25) is 10.1 Å². The van der Waals surface area contributed by atoms with Crippen molar-refractivity contribution >= 4 is 5.69 Å². The second kappa shape index (κ2) is 5.76. The quantitative estimate of drug-likeness (QED) is 0.587. The Morgan fingerprint density at radius 2 is 2.25 bits per heavy atom. The molecule has 0 bridgehead atoms. The number of nitrogens with zero attached hydrogens (tertiary/aromatic N) is 1. The van der Waals surface area contributed by atoms with Gasteiger partial charge in [0.1, 0.15) is 12.2 Å². The Hall–Kier alpha value is -1.66. The molecule has 0 spiro atoms. The van der Waals surface area contributed by atoms with Crippen molar-refractivity contribution in [3.63, 3.8) is 0 Å². The zero-order valence-corrected chi connectivity index (χ0v) is 11.8. The Morgan fingerprint density at radius 1 is 1.55 bits per heavy atom. The molecule has 0 saturated heterocycles. The minimum absolute atomic E-state index is 0.0105. The Kier molecular flexibility index (Phi) is 4.25. The van der Waals surface area contributed by atoms with Gasteiger partial charge < -0.3 is 15.2 Å². The highest BCUT2D eigenvalue weighted by Gasteiger charge is 2.28. The summed E-state index contributed by atoms with van der Waals surface area (Å²) in [6.45, 7) is 3.86. The first-order valence-corrected chi connectivity index (χ1v) is 6.71. The maximum absolute atomic E-state index is 11.0. The van der Waals surface area contributed by atoms with Gasteiger partial charge in [-0.05, 0) is 38.3 Å². The molecule has 0 radical (unpaired) electrons. The van der Waals surface area contributed by atoms with E-state index in [1.807, 2.05) is 0 Å². The Balaban J connectivity index is 1.96. The van der Waals surface area contributed by atoms with Gasteiger partial charge in [-0.15, -0.1) is 0 Å². The standard InChI is InChI=1S/C14H20N2O4/c1-10-3-6-13(12(7-10)16(18)19)20-9-14(2,17)8-15-11-4-5-11/h3,6-7,11,15,17H,4-5,8-9H2,1-2H3. The van der Waals surface area contributed by atoms with Crippen LogP contribution in [-0.2, 0) is 0 Å². The van der Waals surface area contributed by atoms with Crippen LogP contribution in [-0.4, -0.2) is 34.8 Å². The number of nitro benzene ring substituents is 1. The fourth-order valence-corrected chi connectivity index (χ4v) is 1.83. The predicted octanol–water partition coefficient (Wildman–Crippen LogP) is 1.79. The highest BCUT2D eigenvalue weighted by molar-refractivity contribution is 5.48. The monoisotopic (exact) mass is 280 g/mol. The smallest absolute Gasteiger partial charge is 0.311 e. The lowest BCUT2D eigenvalue weighted by atomic mass is 10.1. The molecule has 2 rings (SSSR count). The summed E-state index contributed by atoms with van der Waals surface area (Å²) in [5, 5.41) is 24.4. The number of aliphatic hydroxyl groups is 1. The number of nitrogens with one attached hydrogen (secondary N) is 1. The van der Waals surface area contributed by atoms with Crippen LogP contribution < -0.4 is 10.1 Å². The third-order valence-electron chi connectivity index (χ3n) is 3.20. The summed E-state index contributed by atoms with van der Waals surface area (Å²) in [5.41, 5.74) is -0.330. The van der Waals surface area contributed by atoms with Gasteiger partial charge in [-0.25, -0.2) is 0 Å². The molecule has 1 aliphatic rings. The molecule has 1 fully saturated rings. The normalized spacial score (nSPS) is 17.6. The van der Waals surface area contributed by atoms with E-state index in [0.29, 0.717) is 12.6 Å².